The van der Waals surface area contributed by atoms with Gasteiger partial charge in [0, 0.05) is 33.4 Å². The molecule has 0 saturated carbocycles. The summed E-state index contributed by atoms with van der Waals surface area (Å²) in [7, 11) is 0. The molecule has 2 heterocycles. The lowest BCUT2D eigenvalue weighted by molar-refractivity contribution is 0.547. The molecular weight excluding hydrogens is 382 g/mol. The maximum atomic E-state index is 14.5. The van der Waals surface area contributed by atoms with Crippen LogP contribution in [-0.2, 0) is 6.54 Å². The van der Waals surface area contributed by atoms with Crippen LogP contribution in [0.5, 0.6) is 0 Å². The third-order valence-electron chi connectivity index (χ3n) is 4.31. The van der Waals surface area contributed by atoms with Crippen LogP contribution >= 0.6 is 23.4 Å². The Balaban J connectivity index is 2.21. The first-order chi connectivity index (χ1) is 12.2. The van der Waals surface area contributed by atoms with Gasteiger partial charge in [0.15, 0.2) is 0 Å². The molecule has 4 rings (SSSR count). The number of rotatable bonds is 1. The average molecular weight is 395 g/mol. The highest BCUT2D eigenvalue weighted by molar-refractivity contribution is 8.01. The molecule has 8 heteroatoms. The van der Waals surface area contributed by atoms with E-state index in [9.17, 15) is 18.4 Å². The lowest BCUT2D eigenvalue weighted by Crippen LogP contribution is -2.38. The van der Waals surface area contributed by atoms with Gasteiger partial charge in [-0.25, -0.2) is 13.6 Å². The van der Waals surface area contributed by atoms with Gasteiger partial charge in [-0.2, -0.15) is 0 Å². The zero-order valence-corrected chi connectivity index (χ0v) is 15.4. The fourth-order valence-corrected chi connectivity index (χ4v) is 5.02. The maximum Gasteiger partial charge on any atom is 0.328 e. The number of aromatic amines is 1. The lowest BCUT2D eigenvalue weighted by Gasteiger charge is -2.33. The Kier molecular flexibility index (Phi) is 3.79. The molecule has 1 aliphatic heterocycles. The summed E-state index contributed by atoms with van der Waals surface area (Å²) in [5, 5.41) is 0.428. The van der Waals surface area contributed by atoms with Crippen LogP contribution in [0.1, 0.15) is 13.8 Å². The van der Waals surface area contributed by atoms with Gasteiger partial charge in [-0.3, -0.25) is 14.3 Å². The van der Waals surface area contributed by atoms with Crippen molar-refractivity contribution >= 4 is 34.3 Å². The Hall–Kier alpha value is -2.12. The summed E-state index contributed by atoms with van der Waals surface area (Å²) in [5.41, 5.74) is -0.169. The van der Waals surface area contributed by atoms with Gasteiger partial charge in [0.05, 0.1) is 15.9 Å². The molecule has 0 unspecified atom stereocenters. The van der Waals surface area contributed by atoms with E-state index >= 15 is 0 Å². The molecule has 1 aromatic heterocycles. The molecule has 0 amide bonds. The smallest absolute Gasteiger partial charge is 0.291 e. The Morgan fingerprint density at radius 1 is 1.23 bits per heavy atom. The SMILES string of the molecule is CC1(C)Cn2c(=O)[nH]c(=O)c3cc(Cl)c(-c4ccc(F)cc4F)c(c32)S1. The summed E-state index contributed by atoms with van der Waals surface area (Å²) in [6.07, 6.45) is 0. The number of thioether (sulfide) groups is 1. The fraction of sp³-hybridized carbons (Fsp3) is 0.222. The highest BCUT2D eigenvalue weighted by Gasteiger charge is 2.33. The van der Waals surface area contributed by atoms with Crippen LogP contribution in [0.3, 0.4) is 0 Å². The summed E-state index contributed by atoms with van der Waals surface area (Å²) in [4.78, 5) is 27.4. The minimum Gasteiger partial charge on any atom is -0.291 e. The van der Waals surface area contributed by atoms with Crippen LogP contribution in [0, 0.1) is 11.6 Å². The fourth-order valence-electron chi connectivity index (χ4n) is 3.27. The molecule has 0 radical (unpaired) electrons. The molecule has 4 nitrogen and oxygen atoms in total. The van der Waals surface area contributed by atoms with E-state index in [1.54, 1.807) is 0 Å². The Morgan fingerprint density at radius 3 is 2.65 bits per heavy atom. The van der Waals surface area contributed by atoms with Crippen molar-refractivity contribution in [2.45, 2.75) is 30.0 Å². The van der Waals surface area contributed by atoms with Crippen molar-refractivity contribution in [1.29, 1.82) is 0 Å². The zero-order chi connectivity index (χ0) is 18.8. The highest BCUT2D eigenvalue weighted by atomic mass is 35.5. The van der Waals surface area contributed by atoms with Crippen LogP contribution < -0.4 is 11.2 Å². The Labute approximate surface area is 155 Å². The molecule has 0 saturated heterocycles. The molecule has 0 spiro atoms. The van der Waals surface area contributed by atoms with Gasteiger partial charge >= 0.3 is 5.69 Å². The third-order valence-corrected chi connectivity index (χ3v) is 5.89. The van der Waals surface area contributed by atoms with E-state index < -0.39 is 27.6 Å². The topological polar surface area (TPSA) is 54.9 Å². The number of benzene rings is 2. The van der Waals surface area contributed by atoms with Gasteiger partial charge in [-0.15, -0.1) is 11.8 Å². The van der Waals surface area contributed by atoms with Crippen LogP contribution in [-0.4, -0.2) is 14.3 Å². The second-order valence-corrected chi connectivity index (χ2v) is 8.91. The van der Waals surface area contributed by atoms with E-state index in [0.29, 0.717) is 22.5 Å². The summed E-state index contributed by atoms with van der Waals surface area (Å²) >= 11 is 7.82. The summed E-state index contributed by atoms with van der Waals surface area (Å²) in [6.45, 7) is 4.26. The summed E-state index contributed by atoms with van der Waals surface area (Å²) < 4.78 is 28.9. The van der Waals surface area contributed by atoms with Crippen molar-refractivity contribution in [1.82, 2.24) is 9.55 Å². The first kappa shape index (κ1) is 17.3. The van der Waals surface area contributed by atoms with Crippen molar-refractivity contribution < 1.29 is 8.78 Å². The Morgan fingerprint density at radius 2 is 1.96 bits per heavy atom. The molecule has 3 aromatic rings. The van der Waals surface area contributed by atoms with Crippen molar-refractivity contribution in [3.63, 3.8) is 0 Å². The molecular formula is C18H13ClF2N2O2S. The standard InChI is InChI=1S/C18H13ClF2N2O2S/c1-18(2)7-23-14-10(16(24)22-17(23)25)6-11(19)13(15(14)26-18)9-4-3-8(20)5-12(9)21/h3-6H,7H2,1-2H3,(H,22,24,25). The number of H-pyrrole nitrogens is 1. The average Bonchev–Trinajstić information content (AvgIpc) is 2.52. The second-order valence-electron chi connectivity index (χ2n) is 6.79. The second kappa shape index (κ2) is 5.69. The van der Waals surface area contributed by atoms with E-state index in [1.165, 1.54) is 28.5 Å². The van der Waals surface area contributed by atoms with Crippen molar-refractivity contribution in [3.8, 4) is 11.1 Å². The molecule has 1 aliphatic rings. The molecule has 26 heavy (non-hydrogen) atoms. The van der Waals surface area contributed by atoms with Gasteiger partial charge in [-0.1, -0.05) is 11.6 Å². The van der Waals surface area contributed by atoms with E-state index in [2.05, 4.69) is 4.98 Å². The quantitative estimate of drug-likeness (QED) is 0.674. The minimum absolute atomic E-state index is 0.123. The maximum absolute atomic E-state index is 14.5. The van der Waals surface area contributed by atoms with Crippen LogP contribution in [0.4, 0.5) is 8.78 Å². The van der Waals surface area contributed by atoms with Gasteiger partial charge < -0.3 is 0 Å². The van der Waals surface area contributed by atoms with E-state index in [-0.39, 0.29) is 16.0 Å². The number of hydrogen-bond acceptors (Lipinski definition) is 3. The number of hydrogen-bond donors (Lipinski definition) is 1. The van der Waals surface area contributed by atoms with Crippen LogP contribution in [0.2, 0.25) is 5.02 Å². The van der Waals surface area contributed by atoms with Crippen LogP contribution in [0.15, 0.2) is 38.8 Å². The molecule has 0 bridgehead atoms. The molecule has 0 atom stereocenters. The largest absolute Gasteiger partial charge is 0.328 e. The minimum atomic E-state index is -0.759. The number of aromatic nitrogens is 2. The van der Waals surface area contributed by atoms with E-state index in [0.717, 1.165) is 12.1 Å². The molecule has 0 aliphatic carbocycles. The number of nitrogens with zero attached hydrogens (tertiary/aromatic N) is 1. The van der Waals surface area contributed by atoms with Crippen molar-refractivity contribution in [2.24, 2.45) is 0 Å². The normalized spacial score (nSPS) is 15.4. The van der Waals surface area contributed by atoms with Crippen molar-refractivity contribution in [3.05, 3.63) is 61.8 Å². The molecule has 0 fully saturated rings. The van der Waals surface area contributed by atoms with Gasteiger partial charge in [0.2, 0.25) is 0 Å². The Bertz CT molecular complexity index is 1200. The molecule has 1 N–H and O–H groups in total. The predicted octanol–water partition coefficient (Wildman–Crippen LogP) is 4.17. The van der Waals surface area contributed by atoms with E-state index in [4.69, 9.17) is 11.6 Å². The summed E-state index contributed by atoms with van der Waals surface area (Å²) in [6, 6.07) is 4.67. The van der Waals surface area contributed by atoms with Gasteiger partial charge in [0.1, 0.15) is 11.6 Å². The molecule has 2 aromatic carbocycles. The highest BCUT2D eigenvalue weighted by Crippen LogP contribution is 2.49. The summed E-state index contributed by atoms with van der Waals surface area (Å²) in [5.74, 6) is -1.46. The number of nitrogens with one attached hydrogen (secondary N) is 1. The van der Waals surface area contributed by atoms with E-state index in [1.807, 2.05) is 13.8 Å². The lowest BCUT2D eigenvalue weighted by atomic mass is 10.0. The van der Waals surface area contributed by atoms with Crippen molar-refractivity contribution in [2.75, 3.05) is 0 Å². The molecule has 134 valence electrons. The first-order valence-corrected chi connectivity index (χ1v) is 9.01. The van der Waals surface area contributed by atoms with Gasteiger partial charge in [0.25, 0.3) is 5.56 Å². The monoisotopic (exact) mass is 394 g/mol. The van der Waals surface area contributed by atoms with Gasteiger partial charge in [-0.05, 0) is 32.0 Å². The zero-order valence-electron chi connectivity index (χ0n) is 13.8. The number of halogens is 3. The predicted molar refractivity (Wildman–Crippen MR) is 99.1 cm³/mol. The first-order valence-electron chi connectivity index (χ1n) is 7.82. The van der Waals surface area contributed by atoms with Crippen LogP contribution in [0.25, 0.3) is 22.0 Å². The third kappa shape index (κ3) is 2.57.